The second-order valence-corrected chi connectivity index (χ2v) is 4.49. The quantitative estimate of drug-likeness (QED) is 0.830. The molecular formula is C12H13N5O. The van der Waals surface area contributed by atoms with E-state index in [1.165, 1.54) is 0 Å². The van der Waals surface area contributed by atoms with Crippen molar-refractivity contribution in [3.63, 3.8) is 0 Å². The smallest absolute Gasteiger partial charge is 0.261 e. The minimum Gasteiger partial charge on any atom is -0.371 e. The maximum absolute atomic E-state index is 11.8. The standard InChI is InChI=1S/C12H13N5O/c1-14-11-10-9(4-5-15-12(10)18)17(16-11)8-3-2-7(8)6-13/h4-5,7-8H,2-3H2,1H3,(H,14,16)(H,15,18). The maximum atomic E-state index is 11.8. The topological polar surface area (TPSA) is 86.5 Å². The molecule has 0 spiro atoms. The predicted octanol–water partition coefficient (Wildman–Crippen LogP) is 1.24. The van der Waals surface area contributed by atoms with E-state index in [4.69, 9.17) is 5.26 Å². The molecule has 2 unspecified atom stereocenters. The summed E-state index contributed by atoms with van der Waals surface area (Å²) < 4.78 is 1.81. The number of nitrogens with zero attached hydrogens (tertiary/aromatic N) is 3. The summed E-state index contributed by atoms with van der Waals surface area (Å²) in [5.41, 5.74) is 0.629. The largest absolute Gasteiger partial charge is 0.371 e. The lowest BCUT2D eigenvalue weighted by molar-refractivity contribution is 0.225. The summed E-state index contributed by atoms with van der Waals surface area (Å²) in [7, 11) is 1.74. The molecule has 3 rings (SSSR count). The van der Waals surface area contributed by atoms with Gasteiger partial charge in [-0.05, 0) is 18.9 Å². The summed E-state index contributed by atoms with van der Waals surface area (Å²) in [6.45, 7) is 0. The van der Waals surface area contributed by atoms with Crippen LogP contribution in [0.1, 0.15) is 18.9 Å². The van der Waals surface area contributed by atoms with Gasteiger partial charge in [-0.2, -0.15) is 10.4 Å². The van der Waals surface area contributed by atoms with E-state index in [2.05, 4.69) is 21.5 Å². The number of hydrogen-bond donors (Lipinski definition) is 2. The minimum absolute atomic E-state index is 0.00269. The highest BCUT2D eigenvalue weighted by Crippen LogP contribution is 2.39. The lowest BCUT2D eigenvalue weighted by Gasteiger charge is -2.31. The number of nitriles is 1. The van der Waals surface area contributed by atoms with Gasteiger partial charge in [-0.1, -0.05) is 0 Å². The number of anilines is 1. The number of hydrogen-bond acceptors (Lipinski definition) is 4. The predicted molar refractivity (Wildman–Crippen MR) is 67.3 cm³/mol. The minimum atomic E-state index is -0.157. The summed E-state index contributed by atoms with van der Waals surface area (Å²) in [6.07, 6.45) is 3.45. The number of fused-ring (bicyclic) bond motifs is 1. The molecule has 1 aliphatic rings. The molecule has 0 aromatic carbocycles. The van der Waals surface area contributed by atoms with Gasteiger partial charge in [-0.25, -0.2) is 0 Å². The molecule has 0 bridgehead atoms. The van der Waals surface area contributed by atoms with Gasteiger partial charge < -0.3 is 10.3 Å². The Morgan fingerprint density at radius 3 is 3.06 bits per heavy atom. The van der Waals surface area contributed by atoms with Gasteiger partial charge in [0.15, 0.2) is 5.82 Å². The van der Waals surface area contributed by atoms with E-state index in [9.17, 15) is 4.79 Å². The monoisotopic (exact) mass is 243 g/mol. The molecule has 6 nitrogen and oxygen atoms in total. The highest BCUT2D eigenvalue weighted by molar-refractivity contribution is 5.89. The summed E-state index contributed by atoms with van der Waals surface area (Å²) in [5.74, 6) is 0.563. The molecule has 2 heterocycles. The number of aromatic amines is 1. The Hall–Kier alpha value is -2.29. The average molecular weight is 243 g/mol. The first-order chi connectivity index (χ1) is 8.76. The van der Waals surface area contributed by atoms with Gasteiger partial charge in [0.05, 0.1) is 23.5 Å². The molecule has 1 aliphatic carbocycles. The van der Waals surface area contributed by atoms with Crippen molar-refractivity contribution in [1.29, 1.82) is 5.26 Å². The third kappa shape index (κ3) is 1.34. The van der Waals surface area contributed by atoms with Crippen molar-refractivity contribution in [1.82, 2.24) is 14.8 Å². The van der Waals surface area contributed by atoms with E-state index < -0.39 is 0 Å². The molecule has 6 heteroatoms. The molecule has 2 aromatic heterocycles. The lowest BCUT2D eigenvalue weighted by Crippen LogP contribution is -2.28. The van der Waals surface area contributed by atoms with Gasteiger partial charge in [0.1, 0.15) is 5.39 Å². The Labute approximate surface area is 103 Å². The van der Waals surface area contributed by atoms with Crippen LogP contribution in [0.3, 0.4) is 0 Å². The van der Waals surface area contributed by atoms with Crippen LogP contribution in [0.25, 0.3) is 10.9 Å². The zero-order valence-electron chi connectivity index (χ0n) is 9.97. The normalized spacial score (nSPS) is 22.4. The molecule has 1 saturated carbocycles. The van der Waals surface area contributed by atoms with Crippen LogP contribution in [0.15, 0.2) is 17.1 Å². The van der Waals surface area contributed by atoms with E-state index in [0.29, 0.717) is 11.2 Å². The Bertz CT molecular complexity index is 693. The van der Waals surface area contributed by atoms with Crippen molar-refractivity contribution in [2.45, 2.75) is 18.9 Å². The maximum Gasteiger partial charge on any atom is 0.261 e. The number of rotatable bonds is 2. The number of aromatic nitrogens is 3. The van der Waals surface area contributed by atoms with Gasteiger partial charge in [0.25, 0.3) is 5.56 Å². The molecule has 0 aliphatic heterocycles. The summed E-state index contributed by atoms with van der Waals surface area (Å²) >= 11 is 0. The first-order valence-corrected chi connectivity index (χ1v) is 5.93. The third-order valence-electron chi connectivity index (χ3n) is 3.58. The van der Waals surface area contributed by atoms with Gasteiger partial charge in [-0.15, -0.1) is 0 Å². The summed E-state index contributed by atoms with van der Waals surface area (Å²) in [5, 5.41) is 16.9. The zero-order valence-corrected chi connectivity index (χ0v) is 9.97. The Morgan fingerprint density at radius 2 is 2.44 bits per heavy atom. The molecule has 0 radical (unpaired) electrons. The van der Waals surface area contributed by atoms with Crippen LogP contribution >= 0.6 is 0 Å². The molecule has 0 saturated heterocycles. The fraction of sp³-hybridized carbons (Fsp3) is 0.417. The van der Waals surface area contributed by atoms with Gasteiger partial charge in [0.2, 0.25) is 0 Å². The van der Waals surface area contributed by atoms with Crippen molar-refractivity contribution < 1.29 is 0 Å². The lowest BCUT2D eigenvalue weighted by atomic mass is 9.81. The number of H-pyrrole nitrogens is 1. The van der Waals surface area contributed by atoms with Crippen LogP contribution in [0.4, 0.5) is 5.82 Å². The molecule has 1 fully saturated rings. The van der Waals surface area contributed by atoms with Crippen LogP contribution < -0.4 is 10.9 Å². The molecule has 92 valence electrons. The number of pyridine rings is 1. The van der Waals surface area contributed by atoms with Crippen molar-refractivity contribution in [2.24, 2.45) is 5.92 Å². The summed E-state index contributed by atoms with van der Waals surface area (Å²) in [6, 6.07) is 4.20. The van der Waals surface area contributed by atoms with Gasteiger partial charge in [-0.3, -0.25) is 9.48 Å². The highest BCUT2D eigenvalue weighted by atomic mass is 16.1. The first kappa shape index (κ1) is 10.8. The molecule has 18 heavy (non-hydrogen) atoms. The van der Waals surface area contributed by atoms with Crippen molar-refractivity contribution >= 4 is 16.7 Å². The van der Waals surface area contributed by atoms with Gasteiger partial charge in [0, 0.05) is 13.2 Å². The van der Waals surface area contributed by atoms with E-state index in [-0.39, 0.29) is 17.5 Å². The third-order valence-corrected chi connectivity index (χ3v) is 3.58. The van der Waals surface area contributed by atoms with Crippen molar-refractivity contribution in [2.75, 3.05) is 12.4 Å². The second kappa shape index (κ2) is 3.88. The van der Waals surface area contributed by atoms with Crippen LogP contribution in [0, 0.1) is 17.2 Å². The van der Waals surface area contributed by atoms with Crippen molar-refractivity contribution in [3.05, 3.63) is 22.6 Å². The second-order valence-electron chi connectivity index (χ2n) is 4.49. The van der Waals surface area contributed by atoms with Crippen LogP contribution in [-0.2, 0) is 0 Å². The average Bonchev–Trinajstić information content (AvgIpc) is 2.69. The summed E-state index contributed by atoms with van der Waals surface area (Å²) in [4.78, 5) is 14.5. The molecule has 2 aromatic rings. The zero-order chi connectivity index (χ0) is 12.7. The van der Waals surface area contributed by atoms with E-state index in [0.717, 1.165) is 18.4 Å². The fourth-order valence-electron chi connectivity index (χ4n) is 2.45. The van der Waals surface area contributed by atoms with Crippen LogP contribution in [0.5, 0.6) is 0 Å². The van der Waals surface area contributed by atoms with E-state index in [1.807, 2.05) is 10.7 Å². The van der Waals surface area contributed by atoms with Crippen molar-refractivity contribution in [3.8, 4) is 6.07 Å². The number of nitrogens with one attached hydrogen (secondary N) is 2. The SMILES string of the molecule is CNc1nn(C2CCC2C#N)c2cc[nH]c(=O)c12. The Balaban J connectivity index is 2.22. The van der Waals surface area contributed by atoms with Gasteiger partial charge >= 0.3 is 0 Å². The van der Waals surface area contributed by atoms with E-state index in [1.54, 1.807) is 13.2 Å². The Kier molecular flexibility index (Phi) is 2.33. The van der Waals surface area contributed by atoms with E-state index >= 15 is 0 Å². The van der Waals surface area contributed by atoms with Crippen LogP contribution in [-0.4, -0.2) is 21.8 Å². The molecule has 0 amide bonds. The Morgan fingerprint density at radius 1 is 1.61 bits per heavy atom. The molecular weight excluding hydrogens is 230 g/mol. The molecule has 2 atom stereocenters. The van der Waals surface area contributed by atoms with Crippen LogP contribution in [0.2, 0.25) is 0 Å². The molecule has 2 N–H and O–H groups in total. The highest BCUT2D eigenvalue weighted by Gasteiger charge is 2.34. The first-order valence-electron chi connectivity index (χ1n) is 5.93. The fourth-order valence-corrected chi connectivity index (χ4v) is 2.45.